The zero-order valence-electron chi connectivity index (χ0n) is 30.8. The Balaban J connectivity index is 0.983. The standard InChI is InChI=1S/C54H33NO2/c1-2-12-38-32-42(30-20-34(38)10-1)55(40-26-21-36(22-27-40)45-17-9-18-47-51-43-14-5-3-11-35(43)25-31-50(51)57-53(45)47)41-28-23-37(24-29-41)48-33-39-13-4-6-15-44(39)52-46-16-7-8-19-49(46)56-54(48)52/h1-33H. The first-order chi connectivity index (χ1) is 28.2. The number of fused-ring (bicyclic) bond motifs is 11. The molecule has 3 nitrogen and oxygen atoms in total. The number of hydrogen-bond donors (Lipinski definition) is 0. The number of para-hydroxylation sites is 2. The summed E-state index contributed by atoms with van der Waals surface area (Å²) in [5.74, 6) is 0. The lowest BCUT2D eigenvalue weighted by molar-refractivity contribution is 0.670. The van der Waals surface area contributed by atoms with E-state index in [0.29, 0.717) is 0 Å². The average Bonchev–Trinajstić information content (AvgIpc) is 3.87. The van der Waals surface area contributed by atoms with Crippen LogP contribution in [0.3, 0.4) is 0 Å². The second kappa shape index (κ2) is 12.5. The van der Waals surface area contributed by atoms with Crippen LogP contribution >= 0.6 is 0 Å². The summed E-state index contributed by atoms with van der Waals surface area (Å²) in [6.07, 6.45) is 0. The number of nitrogens with zero attached hydrogens (tertiary/aromatic N) is 1. The minimum atomic E-state index is 0.901. The number of hydrogen-bond acceptors (Lipinski definition) is 3. The van der Waals surface area contributed by atoms with E-state index in [1.54, 1.807) is 0 Å². The monoisotopic (exact) mass is 727 g/mol. The van der Waals surface area contributed by atoms with Gasteiger partial charge in [-0.1, -0.05) is 146 Å². The summed E-state index contributed by atoms with van der Waals surface area (Å²) in [5, 5.41) is 11.8. The molecule has 0 radical (unpaired) electrons. The number of anilines is 3. The molecule has 0 aliphatic carbocycles. The summed E-state index contributed by atoms with van der Waals surface area (Å²) >= 11 is 0. The summed E-state index contributed by atoms with van der Waals surface area (Å²) in [6.45, 7) is 0. The molecule has 0 amide bonds. The number of furan rings is 2. The van der Waals surface area contributed by atoms with Gasteiger partial charge < -0.3 is 13.7 Å². The lowest BCUT2D eigenvalue weighted by Crippen LogP contribution is -2.09. The van der Waals surface area contributed by atoms with Gasteiger partial charge in [-0.25, -0.2) is 0 Å². The first kappa shape index (κ1) is 31.7. The van der Waals surface area contributed by atoms with Crippen molar-refractivity contribution in [2.24, 2.45) is 0 Å². The van der Waals surface area contributed by atoms with Crippen LogP contribution in [0.2, 0.25) is 0 Å². The number of rotatable bonds is 5. The minimum absolute atomic E-state index is 0.901. The van der Waals surface area contributed by atoms with E-state index in [-0.39, 0.29) is 0 Å². The quantitative estimate of drug-likeness (QED) is 0.177. The van der Waals surface area contributed by atoms with Gasteiger partial charge in [0.05, 0.1) is 0 Å². The van der Waals surface area contributed by atoms with E-state index in [1.165, 1.54) is 32.3 Å². The summed E-state index contributed by atoms with van der Waals surface area (Å²) in [4.78, 5) is 2.34. The Bertz CT molecular complexity index is 3520. The topological polar surface area (TPSA) is 29.5 Å². The van der Waals surface area contributed by atoms with E-state index in [2.05, 4.69) is 199 Å². The molecule has 0 fully saturated rings. The Hall–Kier alpha value is -7.62. The molecule has 0 atom stereocenters. The lowest BCUT2D eigenvalue weighted by atomic mass is 9.96. The Labute approximate surface area is 328 Å². The third-order valence-corrected chi connectivity index (χ3v) is 11.6. The summed E-state index contributed by atoms with van der Waals surface area (Å²) < 4.78 is 13.2. The molecule has 2 aromatic heterocycles. The smallest absolute Gasteiger partial charge is 0.143 e. The highest BCUT2D eigenvalue weighted by Gasteiger charge is 2.19. The lowest BCUT2D eigenvalue weighted by Gasteiger charge is -2.26. The van der Waals surface area contributed by atoms with E-state index in [1.807, 2.05) is 6.07 Å². The molecule has 2 heterocycles. The van der Waals surface area contributed by atoms with Crippen molar-refractivity contribution in [1.82, 2.24) is 0 Å². The van der Waals surface area contributed by atoms with E-state index in [0.717, 1.165) is 83.2 Å². The van der Waals surface area contributed by atoms with Gasteiger partial charge in [-0.3, -0.25) is 0 Å². The van der Waals surface area contributed by atoms with Gasteiger partial charge in [0.2, 0.25) is 0 Å². The third kappa shape index (κ3) is 4.99. The van der Waals surface area contributed by atoms with Crippen molar-refractivity contribution in [3.05, 3.63) is 200 Å². The fraction of sp³-hybridized carbons (Fsp3) is 0. The Morgan fingerprint density at radius 2 is 0.860 bits per heavy atom. The van der Waals surface area contributed by atoms with E-state index in [4.69, 9.17) is 8.83 Å². The molecule has 0 aliphatic rings. The van der Waals surface area contributed by atoms with Crippen molar-refractivity contribution >= 4 is 93.3 Å². The molecule has 0 unspecified atom stereocenters. The van der Waals surface area contributed by atoms with Crippen LogP contribution in [-0.4, -0.2) is 0 Å². The molecule has 0 spiro atoms. The molecule has 0 saturated heterocycles. The van der Waals surface area contributed by atoms with E-state index >= 15 is 0 Å². The van der Waals surface area contributed by atoms with Gasteiger partial charge in [-0.2, -0.15) is 0 Å². The van der Waals surface area contributed by atoms with Crippen molar-refractivity contribution in [2.75, 3.05) is 4.90 Å². The first-order valence-electron chi connectivity index (χ1n) is 19.4. The molecule has 0 bridgehead atoms. The average molecular weight is 728 g/mol. The second-order valence-electron chi connectivity index (χ2n) is 14.9. The van der Waals surface area contributed by atoms with E-state index in [9.17, 15) is 0 Å². The highest BCUT2D eigenvalue weighted by atomic mass is 16.3. The molecule has 0 aliphatic heterocycles. The maximum atomic E-state index is 6.60. The van der Waals surface area contributed by atoms with Gasteiger partial charge in [0.1, 0.15) is 22.3 Å². The van der Waals surface area contributed by atoms with E-state index < -0.39 is 0 Å². The first-order valence-corrected chi connectivity index (χ1v) is 19.4. The van der Waals surface area contributed by atoms with Crippen LogP contribution in [0.4, 0.5) is 17.1 Å². The Kier molecular flexibility index (Phi) is 6.93. The molecule has 57 heavy (non-hydrogen) atoms. The predicted molar refractivity (Wildman–Crippen MR) is 239 cm³/mol. The molecule has 3 heteroatoms. The van der Waals surface area contributed by atoms with Crippen LogP contribution < -0.4 is 4.90 Å². The van der Waals surface area contributed by atoms with Crippen LogP contribution in [0.15, 0.2) is 209 Å². The second-order valence-corrected chi connectivity index (χ2v) is 14.9. The van der Waals surface area contributed by atoms with Gasteiger partial charge >= 0.3 is 0 Å². The zero-order valence-corrected chi connectivity index (χ0v) is 30.8. The molecule has 266 valence electrons. The SMILES string of the molecule is c1ccc2cc(N(c3ccc(-c4cccc5c4oc4ccc6ccccc6c45)cc3)c3ccc(-c4cc5ccccc5c5c4oc4ccccc45)cc3)ccc2c1. The molecule has 0 saturated carbocycles. The summed E-state index contributed by atoms with van der Waals surface area (Å²) in [5.41, 5.74) is 11.2. The van der Waals surface area contributed by atoms with Crippen molar-refractivity contribution in [1.29, 1.82) is 0 Å². The van der Waals surface area contributed by atoms with Crippen LogP contribution in [0.25, 0.3) is 98.4 Å². The maximum absolute atomic E-state index is 6.60. The normalized spacial score (nSPS) is 11.9. The van der Waals surface area contributed by atoms with Crippen LogP contribution in [0.5, 0.6) is 0 Å². The Morgan fingerprint density at radius 1 is 0.298 bits per heavy atom. The van der Waals surface area contributed by atoms with Crippen molar-refractivity contribution in [3.63, 3.8) is 0 Å². The highest BCUT2D eigenvalue weighted by molar-refractivity contribution is 6.23. The van der Waals surface area contributed by atoms with Gasteiger partial charge in [0.15, 0.2) is 0 Å². The molecule has 0 N–H and O–H groups in total. The van der Waals surface area contributed by atoms with Crippen molar-refractivity contribution in [2.45, 2.75) is 0 Å². The van der Waals surface area contributed by atoms with Gasteiger partial charge in [-0.15, -0.1) is 0 Å². The molecule has 10 aromatic carbocycles. The Morgan fingerprint density at radius 3 is 1.63 bits per heavy atom. The molecule has 12 aromatic rings. The van der Waals surface area contributed by atoms with Crippen LogP contribution in [0, 0.1) is 0 Å². The fourth-order valence-corrected chi connectivity index (χ4v) is 8.93. The zero-order chi connectivity index (χ0) is 37.5. The highest BCUT2D eigenvalue weighted by Crippen LogP contribution is 2.44. The molecular weight excluding hydrogens is 695 g/mol. The maximum Gasteiger partial charge on any atom is 0.143 e. The number of benzene rings is 10. The van der Waals surface area contributed by atoms with Crippen molar-refractivity contribution in [3.8, 4) is 22.3 Å². The third-order valence-electron chi connectivity index (χ3n) is 11.6. The van der Waals surface area contributed by atoms with Crippen LogP contribution in [-0.2, 0) is 0 Å². The minimum Gasteiger partial charge on any atom is -0.455 e. The van der Waals surface area contributed by atoms with Crippen molar-refractivity contribution < 1.29 is 8.83 Å². The predicted octanol–water partition coefficient (Wildman–Crippen LogP) is 15.7. The van der Waals surface area contributed by atoms with Gasteiger partial charge in [0.25, 0.3) is 0 Å². The molecular formula is C54H33NO2. The summed E-state index contributed by atoms with van der Waals surface area (Å²) in [7, 11) is 0. The van der Waals surface area contributed by atoms with Crippen LogP contribution in [0.1, 0.15) is 0 Å². The fourth-order valence-electron chi connectivity index (χ4n) is 8.93. The molecule has 12 rings (SSSR count). The van der Waals surface area contributed by atoms with Gasteiger partial charge in [0, 0.05) is 49.7 Å². The van der Waals surface area contributed by atoms with Gasteiger partial charge in [-0.05, 0) is 98.0 Å². The summed E-state index contributed by atoms with van der Waals surface area (Å²) in [6, 6.07) is 71.4. The largest absolute Gasteiger partial charge is 0.455 e.